The van der Waals surface area contributed by atoms with Crippen molar-refractivity contribution >= 4 is 11.9 Å². The molecule has 0 aromatic carbocycles. The third-order valence-corrected chi connectivity index (χ3v) is 3.33. The molecule has 0 saturated carbocycles. The van der Waals surface area contributed by atoms with Crippen molar-refractivity contribution in [2.75, 3.05) is 6.61 Å². The van der Waals surface area contributed by atoms with Crippen molar-refractivity contribution in [2.24, 2.45) is 5.92 Å². The smallest absolute Gasteiger partial charge is 0.323 e. The number of ether oxygens (including phenoxy) is 2. The molecule has 1 fully saturated rings. The van der Waals surface area contributed by atoms with E-state index in [1.807, 2.05) is 39.8 Å². The van der Waals surface area contributed by atoms with Gasteiger partial charge in [-0.05, 0) is 46.5 Å². The van der Waals surface area contributed by atoms with Crippen LogP contribution >= 0.6 is 0 Å². The molecule has 21 heavy (non-hydrogen) atoms. The van der Waals surface area contributed by atoms with Gasteiger partial charge in [0.25, 0.3) is 0 Å². The SMILES string of the molecule is C/C=C\[C@H]1N[C@H](C(=O)OC(C)(C)C)C[C@@H]1CCOC(C)=O. The summed E-state index contributed by atoms with van der Waals surface area (Å²) in [5.74, 6) is -0.225. The van der Waals surface area contributed by atoms with Crippen LogP contribution in [0.4, 0.5) is 0 Å². The van der Waals surface area contributed by atoms with Crippen LogP contribution < -0.4 is 5.32 Å². The van der Waals surface area contributed by atoms with E-state index in [4.69, 9.17) is 9.47 Å². The summed E-state index contributed by atoms with van der Waals surface area (Å²) >= 11 is 0. The lowest BCUT2D eigenvalue weighted by atomic mass is 9.95. The summed E-state index contributed by atoms with van der Waals surface area (Å²) in [6.45, 7) is 9.33. The van der Waals surface area contributed by atoms with Gasteiger partial charge in [-0.1, -0.05) is 12.2 Å². The molecule has 1 saturated heterocycles. The molecule has 0 spiro atoms. The molecule has 5 heteroatoms. The van der Waals surface area contributed by atoms with Crippen LogP contribution in [0.5, 0.6) is 0 Å². The van der Waals surface area contributed by atoms with Crippen molar-refractivity contribution in [3.8, 4) is 0 Å². The van der Waals surface area contributed by atoms with Crippen LogP contribution in [-0.2, 0) is 19.1 Å². The van der Waals surface area contributed by atoms with E-state index >= 15 is 0 Å². The number of esters is 2. The van der Waals surface area contributed by atoms with Gasteiger partial charge in [-0.2, -0.15) is 0 Å². The molecule has 0 amide bonds. The molecule has 1 rings (SSSR count). The van der Waals surface area contributed by atoms with Crippen LogP contribution in [0.2, 0.25) is 0 Å². The summed E-state index contributed by atoms with van der Waals surface area (Å²) < 4.78 is 10.4. The molecule has 0 unspecified atom stereocenters. The molecule has 120 valence electrons. The third kappa shape index (κ3) is 6.29. The van der Waals surface area contributed by atoms with E-state index < -0.39 is 5.60 Å². The lowest BCUT2D eigenvalue weighted by Crippen LogP contribution is -2.39. The van der Waals surface area contributed by atoms with Crippen LogP contribution in [0.25, 0.3) is 0 Å². The van der Waals surface area contributed by atoms with Crippen molar-refractivity contribution in [3.63, 3.8) is 0 Å². The number of carbonyl (C=O) groups is 2. The molecular formula is C16H27NO4. The minimum atomic E-state index is -0.481. The number of allylic oxidation sites excluding steroid dienone is 1. The normalized spacial score (nSPS) is 26.0. The molecule has 0 bridgehead atoms. The fourth-order valence-electron chi connectivity index (χ4n) is 2.49. The number of rotatable bonds is 5. The van der Waals surface area contributed by atoms with Gasteiger partial charge >= 0.3 is 11.9 Å². The second-order valence-corrected chi connectivity index (χ2v) is 6.43. The number of hydrogen-bond donors (Lipinski definition) is 1. The van der Waals surface area contributed by atoms with Crippen molar-refractivity contribution in [1.82, 2.24) is 5.32 Å². The maximum absolute atomic E-state index is 12.1. The van der Waals surface area contributed by atoms with Gasteiger partial charge in [0.15, 0.2) is 0 Å². The zero-order valence-corrected chi connectivity index (χ0v) is 13.6. The standard InChI is InChI=1S/C16H27NO4/c1-6-7-13-12(8-9-20-11(2)18)10-14(17-13)15(19)21-16(3,4)5/h6-7,12-14,17H,8-10H2,1-5H3/b7-6-/t12-,13+,14-/m0/s1. The summed E-state index contributed by atoms with van der Waals surface area (Å²) in [6.07, 6.45) is 5.45. The first kappa shape index (κ1) is 17.7. The number of nitrogens with one attached hydrogen (secondary N) is 1. The second-order valence-electron chi connectivity index (χ2n) is 6.43. The molecule has 0 aromatic rings. The molecule has 0 aromatic heterocycles. The molecule has 1 aliphatic heterocycles. The average Bonchev–Trinajstić information content (AvgIpc) is 2.71. The van der Waals surface area contributed by atoms with Crippen molar-refractivity contribution in [1.29, 1.82) is 0 Å². The fourth-order valence-corrected chi connectivity index (χ4v) is 2.49. The maximum Gasteiger partial charge on any atom is 0.323 e. The van der Waals surface area contributed by atoms with Gasteiger partial charge in [0.2, 0.25) is 0 Å². The Hall–Kier alpha value is -1.36. The fraction of sp³-hybridized carbons (Fsp3) is 0.750. The van der Waals surface area contributed by atoms with E-state index in [1.54, 1.807) is 0 Å². The monoisotopic (exact) mass is 297 g/mol. The highest BCUT2D eigenvalue weighted by atomic mass is 16.6. The first-order chi connectivity index (χ1) is 9.73. The van der Waals surface area contributed by atoms with Crippen LogP contribution in [0.1, 0.15) is 47.5 Å². The molecular weight excluding hydrogens is 270 g/mol. The average molecular weight is 297 g/mol. The van der Waals surface area contributed by atoms with Crippen molar-refractivity contribution < 1.29 is 19.1 Å². The predicted molar refractivity (Wildman–Crippen MR) is 80.7 cm³/mol. The first-order valence-corrected chi connectivity index (χ1v) is 7.48. The van der Waals surface area contributed by atoms with Gasteiger partial charge in [0.1, 0.15) is 11.6 Å². The van der Waals surface area contributed by atoms with E-state index in [1.165, 1.54) is 6.92 Å². The van der Waals surface area contributed by atoms with Crippen LogP contribution in [0.3, 0.4) is 0 Å². The molecule has 1 heterocycles. The summed E-state index contributed by atoms with van der Waals surface area (Å²) in [5.41, 5.74) is -0.481. The van der Waals surface area contributed by atoms with E-state index in [2.05, 4.69) is 5.32 Å². The third-order valence-electron chi connectivity index (χ3n) is 3.33. The quantitative estimate of drug-likeness (QED) is 0.622. The van der Waals surface area contributed by atoms with Crippen LogP contribution in [0.15, 0.2) is 12.2 Å². The van der Waals surface area contributed by atoms with Gasteiger partial charge in [0, 0.05) is 13.0 Å². The predicted octanol–water partition coefficient (Wildman–Crippen LogP) is 2.20. The summed E-state index contributed by atoms with van der Waals surface area (Å²) in [7, 11) is 0. The Labute approximate surface area is 127 Å². The topological polar surface area (TPSA) is 64.6 Å². The van der Waals surface area contributed by atoms with Crippen molar-refractivity contribution in [2.45, 2.75) is 65.1 Å². The zero-order chi connectivity index (χ0) is 16.0. The van der Waals surface area contributed by atoms with Crippen LogP contribution in [0, 0.1) is 5.92 Å². The lowest BCUT2D eigenvalue weighted by molar-refractivity contribution is -0.157. The van der Waals surface area contributed by atoms with Crippen LogP contribution in [-0.4, -0.2) is 36.2 Å². The summed E-state index contributed by atoms with van der Waals surface area (Å²) in [6, 6.07) is -0.184. The summed E-state index contributed by atoms with van der Waals surface area (Å²) in [4.78, 5) is 23.0. The van der Waals surface area contributed by atoms with Crippen molar-refractivity contribution in [3.05, 3.63) is 12.2 Å². The van der Waals surface area contributed by atoms with Gasteiger partial charge < -0.3 is 9.47 Å². The maximum atomic E-state index is 12.1. The molecule has 0 radical (unpaired) electrons. The highest BCUT2D eigenvalue weighted by Gasteiger charge is 2.37. The van der Waals surface area contributed by atoms with Gasteiger partial charge in [-0.15, -0.1) is 0 Å². The molecule has 5 nitrogen and oxygen atoms in total. The first-order valence-electron chi connectivity index (χ1n) is 7.48. The van der Waals surface area contributed by atoms with Gasteiger partial charge in [-0.3, -0.25) is 14.9 Å². The van der Waals surface area contributed by atoms with Gasteiger partial charge in [-0.25, -0.2) is 0 Å². The highest BCUT2D eigenvalue weighted by Crippen LogP contribution is 2.26. The molecule has 1 aliphatic rings. The van der Waals surface area contributed by atoms with E-state index in [9.17, 15) is 9.59 Å². The largest absolute Gasteiger partial charge is 0.466 e. The summed E-state index contributed by atoms with van der Waals surface area (Å²) in [5, 5.41) is 3.30. The van der Waals surface area contributed by atoms with E-state index in [0.717, 1.165) is 6.42 Å². The minimum Gasteiger partial charge on any atom is -0.466 e. The Balaban J connectivity index is 2.59. The second kappa shape index (κ2) is 7.59. The van der Waals surface area contributed by atoms with E-state index in [-0.39, 0.29) is 29.9 Å². The highest BCUT2D eigenvalue weighted by molar-refractivity contribution is 5.76. The number of carbonyl (C=O) groups excluding carboxylic acids is 2. The Morgan fingerprint density at radius 1 is 1.33 bits per heavy atom. The Bertz CT molecular complexity index is 398. The van der Waals surface area contributed by atoms with Gasteiger partial charge in [0.05, 0.1) is 6.61 Å². The molecule has 1 N–H and O–H groups in total. The lowest BCUT2D eigenvalue weighted by Gasteiger charge is -2.22. The molecule has 0 aliphatic carbocycles. The van der Waals surface area contributed by atoms with E-state index in [0.29, 0.717) is 13.0 Å². The minimum absolute atomic E-state index is 0.114. The Morgan fingerprint density at radius 3 is 2.52 bits per heavy atom. The zero-order valence-electron chi connectivity index (χ0n) is 13.6. The number of hydrogen-bond acceptors (Lipinski definition) is 5. The Kier molecular flexibility index (Phi) is 6.40. The molecule has 3 atom stereocenters. The Morgan fingerprint density at radius 2 is 2.00 bits per heavy atom.